The Kier molecular flexibility index (Phi) is 6.92. The van der Waals surface area contributed by atoms with Crippen LogP contribution in [0.2, 0.25) is 0 Å². The number of nitrogens with one attached hydrogen (secondary N) is 1. The lowest BCUT2D eigenvalue weighted by molar-refractivity contribution is -0.129. The van der Waals surface area contributed by atoms with Gasteiger partial charge in [0.2, 0.25) is 11.8 Å². The van der Waals surface area contributed by atoms with Crippen molar-refractivity contribution in [1.82, 2.24) is 10.2 Å². The minimum atomic E-state index is -0.230. The summed E-state index contributed by atoms with van der Waals surface area (Å²) in [6.45, 7) is 0.785. The van der Waals surface area contributed by atoms with Gasteiger partial charge in [-0.1, -0.05) is 12.1 Å². The van der Waals surface area contributed by atoms with Crippen LogP contribution in [0.15, 0.2) is 36.4 Å². The van der Waals surface area contributed by atoms with Crippen LogP contribution in [0, 0.1) is 0 Å². The highest BCUT2D eigenvalue weighted by Crippen LogP contribution is 2.40. The third-order valence-electron chi connectivity index (χ3n) is 5.69. The van der Waals surface area contributed by atoms with Crippen LogP contribution in [0.4, 0.5) is 0 Å². The molecular weight excluding hydrogens is 422 g/mol. The van der Waals surface area contributed by atoms with Gasteiger partial charge in [-0.15, -0.1) is 12.4 Å². The van der Waals surface area contributed by atoms with Crippen LogP contribution in [0.5, 0.6) is 23.0 Å². The molecule has 2 aliphatic heterocycles. The predicted molar refractivity (Wildman–Crippen MR) is 117 cm³/mol. The van der Waals surface area contributed by atoms with E-state index in [1.807, 2.05) is 12.1 Å². The molecule has 2 atom stereocenters. The van der Waals surface area contributed by atoms with E-state index < -0.39 is 0 Å². The molecule has 0 radical (unpaired) electrons. The van der Waals surface area contributed by atoms with Crippen molar-refractivity contribution in [2.75, 3.05) is 26.7 Å². The molecule has 4 N–H and O–H groups in total. The summed E-state index contributed by atoms with van der Waals surface area (Å²) in [5.74, 6) is 0.922. The number of nitrogens with two attached hydrogens (primary N) is 1. The van der Waals surface area contributed by atoms with Crippen LogP contribution in [0.1, 0.15) is 23.5 Å². The summed E-state index contributed by atoms with van der Waals surface area (Å²) < 4.78 is 11.4. The van der Waals surface area contributed by atoms with Crippen molar-refractivity contribution in [2.24, 2.45) is 5.73 Å². The van der Waals surface area contributed by atoms with Crippen LogP contribution in [0.25, 0.3) is 0 Å². The number of ether oxygens (including phenoxy) is 2. The van der Waals surface area contributed by atoms with Crippen LogP contribution >= 0.6 is 12.4 Å². The molecule has 0 unspecified atom stereocenters. The second kappa shape index (κ2) is 9.45. The van der Waals surface area contributed by atoms with Gasteiger partial charge in [-0.25, -0.2) is 0 Å². The zero-order valence-corrected chi connectivity index (χ0v) is 18.0. The number of benzene rings is 2. The number of amides is 2. The van der Waals surface area contributed by atoms with Crippen LogP contribution in [-0.2, 0) is 16.0 Å². The van der Waals surface area contributed by atoms with Gasteiger partial charge in [0, 0.05) is 25.4 Å². The average molecular weight is 448 g/mol. The van der Waals surface area contributed by atoms with Crippen LogP contribution in [-0.4, -0.2) is 54.6 Å². The van der Waals surface area contributed by atoms with Crippen molar-refractivity contribution in [1.29, 1.82) is 0 Å². The summed E-state index contributed by atoms with van der Waals surface area (Å²) in [5, 5.41) is 13.3. The third kappa shape index (κ3) is 4.70. The number of carbonyl (C=O) groups excluding carboxylic acids is 2. The fourth-order valence-corrected chi connectivity index (χ4v) is 4.08. The number of aryl methyl sites for hydroxylation is 1. The Balaban J connectivity index is 0.00000272. The Bertz CT molecular complexity index is 984. The molecule has 0 aliphatic carbocycles. The number of phenols is 1. The van der Waals surface area contributed by atoms with Gasteiger partial charge in [-0.05, 0) is 41.8 Å². The zero-order valence-electron chi connectivity index (χ0n) is 17.2. The first kappa shape index (κ1) is 22.7. The Morgan fingerprint density at radius 1 is 1.23 bits per heavy atom. The zero-order chi connectivity index (χ0) is 21.3. The van der Waals surface area contributed by atoms with Gasteiger partial charge in [0.15, 0.2) is 23.0 Å². The van der Waals surface area contributed by atoms with Crippen molar-refractivity contribution in [3.63, 3.8) is 0 Å². The molecule has 31 heavy (non-hydrogen) atoms. The number of phenolic OH excluding ortho intramolecular Hbond substituents is 1. The Labute approximate surface area is 186 Å². The quantitative estimate of drug-likeness (QED) is 0.648. The third-order valence-corrected chi connectivity index (χ3v) is 5.69. The van der Waals surface area contributed by atoms with Gasteiger partial charge in [0.1, 0.15) is 0 Å². The first-order valence-electron chi connectivity index (χ1n) is 9.93. The number of methoxy groups -OCH3 is 1. The fourth-order valence-electron chi connectivity index (χ4n) is 4.08. The maximum Gasteiger partial charge on any atom is 0.236 e. The highest BCUT2D eigenvalue weighted by molar-refractivity contribution is 5.85. The summed E-state index contributed by atoms with van der Waals surface area (Å²) in [6.07, 6.45) is 0.791. The number of fused-ring (bicyclic) bond motifs is 6. The molecule has 0 spiro atoms. The molecule has 9 heteroatoms. The van der Waals surface area contributed by atoms with Gasteiger partial charge in [-0.2, -0.15) is 0 Å². The molecule has 0 saturated carbocycles. The maximum absolute atomic E-state index is 12.6. The van der Waals surface area contributed by atoms with E-state index in [4.69, 9.17) is 15.2 Å². The second-order valence-electron chi connectivity index (χ2n) is 7.60. The lowest BCUT2D eigenvalue weighted by atomic mass is 9.93. The largest absolute Gasteiger partial charge is 0.504 e. The molecule has 2 aliphatic rings. The van der Waals surface area contributed by atoms with E-state index >= 15 is 0 Å². The SMILES string of the molecule is COc1ccc2cc1Oc1cc(ccc1O)CCC(=O)N[C@@H]1CN(C(=O)CN)C[C@@H]21.Cl. The smallest absolute Gasteiger partial charge is 0.236 e. The van der Waals surface area contributed by atoms with Gasteiger partial charge in [0.25, 0.3) is 0 Å². The number of hydrogen-bond donors (Lipinski definition) is 3. The monoisotopic (exact) mass is 447 g/mol. The van der Waals surface area contributed by atoms with E-state index in [1.54, 1.807) is 36.3 Å². The molecule has 2 aromatic rings. The van der Waals surface area contributed by atoms with E-state index in [1.165, 1.54) is 0 Å². The summed E-state index contributed by atoms with van der Waals surface area (Å²) in [7, 11) is 1.55. The fraction of sp³-hybridized carbons (Fsp3) is 0.364. The van der Waals surface area contributed by atoms with Crippen molar-refractivity contribution >= 4 is 24.2 Å². The topological polar surface area (TPSA) is 114 Å². The minimum absolute atomic E-state index is 0. The van der Waals surface area contributed by atoms with Crippen molar-refractivity contribution in [2.45, 2.75) is 24.8 Å². The molecule has 4 bridgehead atoms. The molecule has 166 valence electrons. The number of nitrogens with zero attached hydrogens (tertiary/aromatic N) is 1. The van der Waals surface area contributed by atoms with Crippen molar-refractivity contribution < 1.29 is 24.2 Å². The van der Waals surface area contributed by atoms with E-state index in [9.17, 15) is 14.7 Å². The summed E-state index contributed by atoms with van der Waals surface area (Å²) >= 11 is 0. The number of likely N-dealkylation sites (tertiary alicyclic amines) is 1. The standard InChI is InChI=1S/C22H25N3O5.ClH/c1-29-18-6-4-14-9-20(18)30-19-8-13(2-5-17(19)26)3-7-21(27)24-16-12-25(11-15(14)16)22(28)10-23;/h2,4-6,8-9,15-16,26H,3,7,10-12,23H2,1H3,(H,24,27);1H/t15-,16+;/m0./s1. The summed E-state index contributed by atoms with van der Waals surface area (Å²) in [6, 6.07) is 10.4. The number of halogens is 1. The normalized spacial score (nSPS) is 20.1. The van der Waals surface area contributed by atoms with E-state index in [2.05, 4.69) is 5.32 Å². The molecule has 2 aromatic carbocycles. The highest BCUT2D eigenvalue weighted by atomic mass is 35.5. The molecule has 2 amide bonds. The molecule has 8 nitrogen and oxygen atoms in total. The number of rotatable bonds is 2. The number of hydrogen-bond acceptors (Lipinski definition) is 6. The average Bonchev–Trinajstić information content (AvgIpc) is 3.16. The first-order chi connectivity index (χ1) is 14.5. The van der Waals surface area contributed by atoms with E-state index in [-0.39, 0.29) is 48.5 Å². The highest BCUT2D eigenvalue weighted by Gasteiger charge is 2.37. The van der Waals surface area contributed by atoms with E-state index in [0.717, 1.165) is 11.1 Å². The molecule has 1 fully saturated rings. The lowest BCUT2D eigenvalue weighted by Gasteiger charge is -2.21. The van der Waals surface area contributed by atoms with Gasteiger partial charge in [0.05, 0.1) is 19.7 Å². The summed E-state index contributed by atoms with van der Waals surface area (Å²) in [4.78, 5) is 26.5. The van der Waals surface area contributed by atoms with Crippen LogP contribution < -0.4 is 20.5 Å². The molecular formula is C22H26ClN3O5. The second-order valence-corrected chi connectivity index (χ2v) is 7.60. The maximum atomic E-state index is 12.6. The van der Waals surface area contributed by atoms with Gasteiger partial charge in [-0.3, -0.25) is 9.59 Å². The minimum Gasteiger partial charge on any atom is -0.504 e. The molecule has 4 rings (SSSR count). The van der Waals surface area contributed by atoms with Crippen molar-refractivity contribution in [3.05, 3.63) is 47.5 Å². The van der Waals surface area contributed by atoms with E-state index in [0.29, 0.717) is 43.2 Å². The Morgan fingerprint density at radius 3 is 2.77 bits per heavy atom. The Hall–Kier alpha value is -2.97. The molecule has 2 heterocycles. The molecule has 0 aromatic heterocycles. The number of aromatic hydroxyl groups is 1. The lowest BCUT2D eigenvalue weighted by Crippen LogP contribution is -2.41. The Morgan fingerprint density at radius 2 is 2.03 bits per heavy atom. The van der Waals surface area contributed by atoms with Crippen LogP contribution in [0.3, 0.4) is 0 Å². The first-order valence-corrected chi connectivity index (χ1v) is 9.93. The summed E-state index contributed by atoms with van der Waals surface area (Å²) in [5.41, 5.74) is 7.32. The molecule has 1 saturated heterocycles. The van der Waals surface area contributed by atoms with Gasteiger partial charge < -0.3 is 30.5 Å². The number of carbonyl (C=O) groups is 2. The van der Waals surface area contributed by atoms with Crippen molar-refractivity contribution in [3.8, 4) is 23.0 Å². The predicted octanol–water partition coefficient (Wildman–Crippen LogP) is 1.93. The van der Waals surface area contributed by atoms with Gasteiger partial charge >= 0.3 is 0 Å².